The average molecular weight is 244 g/mol. The number of nitrogens with two attached hydrogens (primary N) is 1. The molecule has 1 heterocycles. The van der Waals surface area contributed by atoms with E-state index in [2.05, 4.69) is 0 Å². The maximum absolute atomic E-state index is 9.79. The van der Waals surface area contributed by atoms with Gasteiger partial charge in [-0.3, -0.25) is 0 Å². The van der Waals surface area contributed by atoms with Crippen molar-refractivity contribution in [2.75, 3.05) is 19.8 Å². The molecule has 0 amide bonds. The Bertz CT molecular complexity index is 409. The van der Waals surface area contributed by atoms with Crippen LogP contribution in [0.4, 0.5) is 0 Å². The lowest BCUT2D eigenvalue weighted by Gasteiger charge is -2.24. The van der Waals surface area contributed by atoms with E-state index >= 15 is 0 Å². The van der Waals surface area contributed by atoms with Gasteiger partial charge in [-0.25, -0.2) is 0 Å². The van der Waals surface area contributed by atoms with Crippen molar-refractivity contribution in [2.45, 2.75) is 13.0 Å². The van der Waals surface area contributed by atoms with Gasteiger partial charge in [-0.05, 0) is 6.92 Å². The number of aliphatic hydroxyl groups is 1. The van der Waals surface area contributed by atoms with Gasteiger partial charge in [-0.1, -0.05) is 11.6 Å². The highest BCUT2D eigenvalue weighted by molar-refractivity contribution is 6.31. The van der Waals surface area contributed by atoms with E-state index in [1.807, 2.05) is 6.92 Å². The van der Waals surface area contributed by atoms with Crippen LogP contribution in [0, 0.1) is 6.92 Å². The number of halogens is 1. The first-order chi connectivity index (χ1) is 7.65. The first-order valence-corrected chi connectivity index (χ1v) is 5.49. The maximum Gasteiger partial charge on any atom is 0.164 e. The molecule has 1 unspecified atom stereocenters. The van der Waals surface area contributed by atoms with E-state index in [9.17, 15) is 5.11 Å². The van der Waals surface area contributed by atoms with Gasteiger partial charge in [0.25, 0.3) is 0 Å². The normalized spacial score (nSPS) is 16.0. The molecule has 1 aliphatic heterocycles. The summed E-state index contributed by atoms with van der Waals surface area (Å²) in [6.07, 6.45) is -0.775. The zero-order chi connectivity index (χ0) is 11.7. The van der Waals surface area contributed by atoms with Crippen LogP contribution in [0.5, 0.6) is 11.5 Å². The summed E-state index contributed by atoms with van der Waals surface area (Å²) in [6, 6.07) is 1.66. The van der Waals surface area contributed by atoms with Crippen LogP contribution in [0.25, 0.3) is 0 Å². The molecule has 16 heavy (non-hydrogen) atoms. The molecule has 4 nitrogen and oxygen atoms in total. The highest BCUT2D eigenvalue weighted by atomic mass is 35.5. The number of hydrogen-bond donors (Lipinski definition) is 2. The van der Waals surface area contributed by atoms with Crippen LogP contribution >= 0.6 is 11.6 Å². The molecule has 1 aromatic carbocycles. The van der Waals surface area contributed by atoms with E-state index in [1.54, 1.807) is 6.07 Å². The maximum atomic E-state index is 9.79. The Kier molecular flexibility index (Phi) is 3.23. The topological polar surface area (TPSA) is 64.7 Å². The molecule has 0 radical (unpaired) electrons. The second-order valence-electron chi connectivity index (χ2n) is 3.67. The summed E-state index contributed by atoms with van der Waals surface area (Å²) < 4.78 is 10.9. The standard InChI is InChI=1S/C11H14ClNO3/c1-6-10(8(14)5-13)7(12)4-9-11(6)16-3-2-15-9/h4,8,14H,2-3,5,13H2,1H3. The summed E-state index contributed by atoms with van der Waals surface area (Å²) in [4.78, 5) is 0. The molecule has 0 aliphatic carbocycles. The van der Waals surface area contributed by atoms with Gasteiger partial charge in [0.15, 0.2) is 11.5 Å². The van der Waals surface area contributed by atoms with E-state index in [-0.39, 0.29) is 6.54 Å². The van der Waals surface area contributed by atoms with Gasteiger partial charge in [0.2, 0.25) is 0 Å². The van der Waals surface area contributed by atoms with E-state index in [1.165, 1.54) is 0 Å². The summed E-state index contributed by atoms with van der Waals surface area (Å²) >= 11 is 6.09. The summed E-state index contributed by atoms with van der Waals surface area (Å²) in [5.41, 5.74) is 6.85. The lowest BCUT2D eigenvalue weighted by Crippen LogP contribution is -2.19. The number of fused-ring (bicyclic) bond motifs is 1. The molecule has 0 spiro atoms. The Morgan fingerprint density at radius 2 is 2.19 bits per heavy atom. The van der Waals surface area contributed by atoms with E-state index in [4.69, 9.17) is 26.8 Å². The predicted octanol–water partition coefficient (Wildman–Crippen LogP) is 1.41. The second kappa shape index (κ2) is 4.49. The molecule has 0 saturated heterocycles. The summed E-state index contributed by atoms with van der Waals surface area (Å²) in [5.74, 6) is 1.28. The van der Waals surface area contributed by atoms with Crippen LogP contribution in [0.2, 0.25) is 5.02 Å². The fourth-order valence-electron chi connectivity index (χ4n) is 1.85. The number of aliphatic hydroxyl groups excluding tert-OH is 1. The molecule has 0 fully saturated rings. The third-order valence-corrected chi connectivity index (χ3v) is 2.94. The largest absolute Gasteiger partial charge is 0.486 e. The molecule has 1 aliphatic rings. The van der Waals surface area contributed by atoms with Gasteiger partial charge in [-0.15, -0.1) is 0 Å². The molecule has 3 N–H and O–H groups in total. The first kappa shape index (κ1) is 11.5. The monoisotopic (exact) mass is 243 g/mol. The van der Waals surface area contributed by atoms with Crippen LogP contribution in [-0.4, -0.2) is 24.9 Å². The van der Waals surface area contributed by atoms with Crippen LogP contribution < -0.4 is 15.2 Å². The molecule has 0 saturated carbocycles. The lowest BCUT2D eigenvalue weighted by atomic mass is 10.0. The minimum atomic E-state index is -0.775. The van der Waals surface area contributed by atoms with Crippen molar-refractivity contribution < 1.29 is 14.6 Å². The minimum Gasteiger partial charge on any atom is -0.486 e. The smallest absolute Gasteiger partial charge is 0.164 e. The Labute approximate surface area is 98.9 Å². The third kappa shape index (κ3) is 1.84. The van der Waals surface area contributed by atoms with Crippen molar-refractivity contribution in [3.05, 3.63) is 22.2 Å². The predicted molar refractivity (Wildman–Crippen MR) is 61.2 cm³/mol. The molecular formula is C11H14ClNO3. The van der Waals surface area contributed by atoms with Crippen molar-refractivity contribution in [3.8, 4) is 11.5 Å². The fraction of sp³-hybridized carbons (Fsp3) is 0.455. The van der Waals surface area contributed by atoms with Gasteiger partial charge < -0.3 is 20.3 Å². The van der Waals surface area contributed by atoms with Crippen LogP contribution in [0.15, 0.2) is 6.07 Å². The van der Waals surface area contributed by atoms with Gasteiger partial charge >= 0.3 is 0 Å². The van der Waals surface area contributed by atoms with E-state index in [0.29, 0.717) is 35.3 Å². The summed E-state index contributed by atoms with van der Waals surface area (Å²) in [7, 11) is 0. The van der Waals surface area contributed by atoms with Gasteiger partial charge in [0, 0.05) is 23.7 Å². The molecule has 1 atom stereocenters. The number of benzene rings is 1. The Balaban J connectivity index is 2.54. The first-order valence-electron chi connectivity index (χ1n) is 5.12. The van der Waals surface area contributed by atoms with Crippen molar-refractivity contribution in [1.82, 2.24) is 0 Å². The van der Waals surface area contributed by atoms with Crippen LogP contribution in [0.3, 0.4) is 0 Å². The molecule has 0 aromatic heterocycles. The Morgan fingerprint density at radius 3 is 2.88 bits per heavy atom. The van der Waals surface area contributed by atoms with Crippen molar-refractivity contribution in [3.63, 3.8) is 0 Å². The zero-order valence-corrected chi connectivity index (χ0v) is 9.75. The Morgan fingerprint density at radius 1 is 1.50 bits per heavy atom. The molecule has 1 aromatic rings. The molecule has 0 bridgehead atoms. The summed E-state index contributed by atoms with van der Waals surface area (Å²) in [6.45, 7) is 2.99. The van der Waals surface area contributed by atoms with Gasteiger partial charge in [0.05, 0.1) is 11.1 Å². The molecular weight excluding hydrogens is 230 g/mol. The summed E-state index contributed by atoms with van der Waals surface area (Å²) in [5, 5.41) is 10.2. The average Bonchev–Trinajstić information content (AvgIpc) is 2.28. The highest BCUT2D eigenvalue weighted by Gasteiger charge is 2.22. The molecule has 88 valence electrons. The third-order valence-electron chi connectivity index (χ3n) is 2.63. The highest BCUT2D eigenvalue weighted by Crippen LogP contribution is 2.41. The number of hydrogen-bond acceptors (Lipinski definition) is 4. The lowest BCUT2D eigenvalue weighted by molar-refractivity contribution is 0.165. The van der Waals surface area contributed by atoms with E-state index in [0.717, 1.165) is 5.56 Å². The number of ether oxygens (including phenoxy) is 2. The van der Waals surface area contributed by atoms with Crippen molar-refractivity contribution in [2.24, 2.45) is 5.73 Å². The number of rotatable bonds is 2. The van der Waals surface area contributed by atoms with E-state index < -0.39 is 6.10 Å². The van der Waals surface area contributed by atoms with Crippen molar-refractivity contribution >= 4 is 11.6 Å². The second-order valence-corrected chi connectivity index (χ2v) is 4.08. The fourth-order valence-corrected chi connectivity index (χ4v) is 2.22. The zero-order valence-electron chi connectivity index (χ0n) is 9.00. The van der Waals surface area contributed by atoms with Crippen LogP contribution in [-0.2, 0) is 0 Å². The van der Waals surface area contributed by atoms with Gasteiger partial charge in [-0.2, -0.15) is 0 Å². The van der Waals surface area contributed by atoms with Gasteiger partial charge in [0.1, 0.15) is 13.2 Å². The molecule has 2 rings (SSSR count). The van der Waals surface area contributed by atoms with Crippen molar-refractivity contribution in [1.29, 1.82) is 0 Å². The van der Waals surface area contributed by atoms with Crippen LogP contribution in [0.1, 0.15) is 17.2 Å². The molecule has 5 heteroatoms. The Hall–Kier alpha value is -0.970. The SMILES string of the molecule is Cc1c2c(cc(Cl)c1C(O)CN)OCCO2. The quantitative estimate of drug-likeness (QED) is 0.825. The minimum absolute atomic E-state index is 0.125.